The molecule has 0 N–H and O–H groups in total. The monoisotopic (exact) mass is 708 g/mol. The highest BCUT2D eigenvalue weighted by Crippen LogP contribution is 2.40. The lowest BCUT2D eigenvalue weighted by atomic mass is 9.77. The second kappa shape index (κ2) is 19.2. The van der Waals surface area contributed by atoms with Gasteiger partial charge in [-0.15, -0.1) is 0 Å². The van der Waals surface area contributed by atoms with Crippen molar-refractivity contribution in [3.63, 3.8) is 0 Å². The van der Waals surface area contributed by atoms with Crippen molar-refractivity contribution >= 4 is 0 Å². The molecule has 0 aromatic heterocycles. The summed E-state index contributed by atoms with van der Waals surface area (Å²) in [4.78, 5) is 0. The summed E-state index contributed by atoms with van der Waals surface area (Å²) >= 11 is 0. The number of ether oxygens (including phenoxy) is 4. The van der Waals surface area contributed by atoms with E-state index < -0.39 is 54.6 Å². The lowest BCUT2D eigenvalue weighted by Crippen LogP contribution is -2.37. The third kappa shape index (κ3) is 11.8. The van der Waals surface area contributed by atoms with Gasteiger partial charge in [-0.05, 0) is 87.7 Å². The number of benzene rings is 2. The van der Waals surface area contributed by atoms with Gasteiger partial charge < -0.3 is 18.9 Å². The molecule has 0 spiro atoms. The Bertz CT molecular complexity index is 1250. The van der Waals surface area contributed by atoms with E-state index >= 15 is 0 Å². The zero-order valence-electron chi connectivity index (χ0n) is 28.0. The summed E-state index contributed by atoms with van der Waals surface area (Å²) in [6, 6.07) is 6.18. The quantitative estimate of drug-likeness (QED) is 0.118. The molecule has 5 rings (SSSR count). The van der Waals surface area contributed by atoms with Crippen LogP contribution < -0.4 is 4.74 Å². The van der Waals surface area contributed by atoms with Gasteiger partial charge in [0.15, 0.2) is 30.6 Å². The third-order valence-electron chi connectivity index (χ3n) is 9.86. The molecule has 3 fully saturated rings. The minimum atomic E-state index is -3.68. The van der Waals surface area contributed by atoms with Crippen LogP contribution in [0.1, 0.15) is 114 Å². The summed E-state index contributed by atoms with van der Waals surface area (Å²) in [5.74, 6) is -5.87. The topological polar surface area (TPSA) is 36.9 Å². The molecule has 0 radical (unpaired) electrons. The second-order valence-corrected chi connectivity index (χ2v) is 13.5. The molecule has 0 atom stereocenters. The first-order valence-corrected chi connectivity index (χ1v) is 17.5. The predicted octanol–water partition coefficient (Wildman–Crippen LogP) is 11.3. The maximum atomic E-state index is 14.8. The Morgan fingerprint density at radius 2 is 1.43 bits per heavy atom. The van der Waals surface area contributed by atoms with E-state index in [0.29, 0.717) is 43.8 Å². The summed E-state index contributed by atoms with van der Waals surface area (Å²) in [5.41, 5.74) is 1.58. The number of unbranched alkanes of at least 4 members (excludes halogenated alkanes) is 2. The summed E-state index contributed by atoms with van der Waals surface area (Å²) in [6.07, 6.45) is 4.36. The van der Waals surface area contributed by atoms with Crippen molar-refractivity contribution in [1.82, 2.24) is 0 Å². The Labute approximate surface area is 283 Å². The molecule has 2 aromatic carbocycles. The Hall–Kier alpha value is -2.44. The van der Waals surface area contributed by atoms with Gasteiger partial charge in [-0.2, -0.15) is 8.78 Å². The normalized spacial score (nSPS) is 26.1. The molecule has 276 valence electrons. The fraction of sp³-hybridized carbons (Fsp3) is 0.676. The first-order chi connectivity index (χ1) is 23.5. The average molecular weight is 709 g/mol. The van der Waals surface area contributed by atoms with E-state index in [4.69, 9.17) is 14.2 Å². The lowest BCUT2D eigenvalue weighted by Gasteiger charge is -2.31. The van der Waals surface area contributed by atoms with Gasteiger partial charge in [-0.3, -0.25) is 0 Å². The molecule has 3 aliphatic rings. The van der Waals surface area contributed by atoms with Gasteiger partial charge in [-0.25, -0.2) is 26.3 Å². The molecule has 2 aromatic rings. The minimum absolute atomic E-state index is 0.00421. The van der Waals surface area contributed by atoms with Crippen molar-refractivity contribution in [2.45, 2.75) is 115 Å². The predicted molar refractivity (Wildman–Crippen MR) is 169 cm³/mol. The van der Waals surface area contributed by atoms with Crippen LogP contribution in [0.25, 0.3) is 0 Å². The zero-order chi connectivity index (χ0) is 35.4. The maximum Gasteiger partial charge on any atom is 0.400 e. The highest BCUT2D eigenvalue weighted by atomic mass is 19.3. The first-order valence-electron chi connectivity index (χ1n) is 17.5. The molecule has 49 heavy (non-hydrogen) atoms. The van der Waals surface area contributed by atoms with Crippen molar-refractivity contribution < 1.29 is 54.1 Å². The number of rotatable bonds is 13. The highest BCUT2D eigenvalue weighted by Gasteiger charge is 2.44. The molecular weight excluding hydrogens is 660 g/mol. The van der Waals surface area contributed by atoms with Crippen molar-refractivity contribution in [3.05, 3.63) is 64.7 Å². The Morgan fingerprint density at radius 1 is 0.776 bits per heavy atom. The van der Waals surface area contributed by atoms with E-state index in [1.807, 2.05) is 12.1 Å². The molecule has 0 unspecified atom stereocenters. The minimum Gasteiger partial charge on any atom is -0.432 e. The van der Waals surface area contributed by atoms with Crippen LogP contribution in [0.3, 0.4) is 0 Å². The first kappa shape index (κ1) is 39.3. The molecular formula is C37H48F8O4. The number of halogens is 8. The molecule has 1 saturated heterocycles. The van der Waals surface area contributed by atoms with Crippen LogP contribution in [0.15, 0.2) is 30.3 Å². The molecule has 2 saturated carbocycles. The Kier molecular flexibility index (Phi) is 15.5. The average Bonchev–Trinajstić information content (AvgIpc) is 3.08. The van der Waals surface area contributed by atoms with E-state index in [0.717, 1.165) is 49.7 Å². The highest BCUT2D eigenvalue weighted by molar-refractivity contribution is 5.29. The van der Waals surface area contributed by atoms with E-state index in [9.17, 15) is 35.1 Å². The fourth-order valence-corrected chi connectivity index (χ4v) is 6.89. The standard InChI is InChI=1S/C24H36F2O3.C13H12F6O/c1-2-3-4-5-19-15-28-24(29-16-19)21-10-11-22(23(26)14-21)20-8-6-18(7-9-20)12-13-27-17-25;14-8-3-1-7(2-4-8)13(18,19)20-9-5-10(15)12(17)11(16)6-9/h10-11,14,18-20,24H,2-9,12-13,15-17H2,1H3;5-8H,1-4H2. The second-order valence-electron chi connectivity index (χ2n) is 13.5. The van der Waals surface area contributed by atoms with Crippen molar-refractivity contribution in [3.8, 4) is 5.75 Å². The van der Waals surface area contributed by atoms with Crippen LogP contribution in [0.5, 0.6) is 5.75 Å². The summed E-state index contributed by atoms with van der Waals surface area (Å²) < 4.78 is 127. The molecule has 1 heterocycles. The van der Waals surface area contributed by atoms with E-state index in [-0.39, 0.29) is 37.4 Å². The fourth-order valence-electron chi connectivity index (χ4n) is 6.89. The van der Waals surface area contributed by atoms with Crippen LogP contribution in [-0.2, 0) is 14.2 Å². The van der Waals surface area contributed by atoms with Gasteiger partial charge >= 0.3 is 6.11 Å². The van der Waals surface area contributed by atoms with E-state index in [1.54, 1.807) is 6.07 Å². The van der Waals surface area contributed by atoms with Crippen LogP contribution in [-0.4, -0.2) is 39.0 Å². The Balaban J connectivity index is 0.000000237. The number of hydrogen-bond donors (Lipinski definition) is 0. The summed E-state index contributed by atoms with van der Waals surface area (Å²) in [6.45, 7) is 3.36. The largest absolute Gasteiger partial charge is 0.432 e. The van der Waals surface area contributed by atoms with Crippen LogP contribution in [0.2, 0.25) is 0 Å². The molecule has 1 aliphatic heterocycles. The molecule has 0 bridgehead atoms. The van der Waals surface area contributed by atoms with E-state index in [1.165, 1.54) is 19.3 Å². The zero-order valence-corrected chi connectivity index (χ0v) is 28.0. The van der Waals surface area contributed by atoms with Crippen molar-refractivity contribution in [2.24, 2.45) is 17.8 Å². The number of hydrogen-bond acceptors (Lipinski definition) is 4. The van der Waals surface area contributed by atoms with Crippen LogP contribution in [0.4, 0.5) is 35.1 Å². The van der Waals surface area contributed by atoms with Gasteiger partial charge in [0.2, 0.25) is 0 Å². The summed E-state index contributed by atoms with van der Waals surface area (Å²) in [7, 11) is 0. The maximum absolute atomic E-state index is 14.8. The van der Waals surface area contributed by atoms with Gasteiger partial charge in [0.25, 0.3) is 0 Å². The smallest absolute Gasteiger partial charge is 0.400 e. The Morgan fingerprint density at radius 3 is 2.02 bits per heavy atom. The third-order valence-corrected chi connectivity index (χ3v) is 9.86. The van der Waals surface area contributed by atoms with Crippen molar-refractivity contribution in [1.29, 1.82) is 0 Å². The lowest BCUT2D eigenvalue weighted by molar-refractivity contribution is -0.223. The van der Waals surface area contributed by atoms with Crippen LogP contribution >= 0.6 is 0 Å². The molecule has 12 heteroatoms. The molecule has 4 nitrogen and oxygen atoms in total. The van der Waals surface area contributed by atoms with Gasteiger partial charge in [-0.1, -0.05) is 38.3 Å². The van der Waals surface area contributed by atoms with Gasteiger partial charge in [0, 0.05) is 23.6 Å². The summed E-state index contributed by atoms with van der Waals surface area (Å²) in [5, 5.41) is 0. The van der Waals surface area contributed by atoms with Crippen LogP contribution in [0, 0.1) is 41.0 Å². The van der Waals surface area contributed by atoms with Crippen molar-refractivity contribution in [2.75, 3.05) is 26.7 Å². The van der Waals surface area contributed by atoms with E-state index in [2.05, 4.69) is 11.7 Å². The van der Waals surface area contributed by atoms with Gasteiger partial charge in [0.05, 0.1) is 25.7 Å². The molecule has 0 amide bonds. The molecule has 2 aliphatic carbocycles. The van der Waals surface area contributed by atoms with Gasteiger partial charge in [0.1, 0.15) is 17.7 Å². The SMILES string of the molecule is CCCCCC1COC(c2ccc(C3CCC(CCOCF)CC3)c(F)c2)OC1.Fc1cc(OC(F)(F)C2CCC(F)CC2)cc(F)c1F. The number of alkyl halides is 4.